The Hall–Kier alpha value is -3.72. The van der Waals surface area contributed by atoms with E-state index in [2.05, 4.69) is 10.6 Å². The van der Waals surface area contributed by atoms with Crippen molar-refractivity contribution in [3.05, 3.63) is 65.7 Å². The quantitative estimate of drug-likeness (QED) is 0.265. The van der Waals surface area contributed by atoms with Crippen LogP contribution in [0, 0.1) is 0 Å². The molecule has 0 fully saturated rings. The Morgan fingerprint density at radius 3 is 1.86 bits per heavy atom. The number of aromatic hydroxyl groups is 1. The van der Waals surface area contributed by atoms with Crippen molar-refractivity contribution in [2.75, 3.05) is 19.6 Å². The van der Waals surface area contributed by atoms with Gasteiger partial charge in [-0.05, 0) is 36.4 Å². The van der Waals surface area contributed by atoms with Crippen LogP contribution in [0.3, 0.4) is 0 Å². The summed E-state index contributed by atoms with van der Waals surface area (Å²) in [7, 11) is 0. The maximum absolute atomic E-state index is 11.8. The van der Waals surface area contributed by atoms with Gasteiger partial charge in [0.25, 0.3) is 5.91 Å². The molecule has 5 N–H and O–H groups in total. The van der Waals surface area contributed by atoms with Crippen molar-refractivity contribution in [1.29, 1.82) is 0 Å². The minimum Gasteiger partial charge on any atom is -0.508 e. The van der Waals surface area contributed by atoms with Crippen molar-refractivity contribution in [1.82, 2.24) is 10.6 Å². The molecule has 28 heavy (non-hydrogen) atoms. The second-order valence-corrected chi connectivity index (χ2v) is 5.38. The van der Waals surface area contributed by atoms with E-state index in [4.69, 9.17) is 24.9 Å². The number of carbonyl (C=O) groups excluding carboxylic acids is 2. The lowest BCUT2D eigenvalue weighted by Gasteiger charge is -2.07. The fourth-order valence-electron chi connectivity index (χ4n) is 1.91. The molecule has 0 spiro atoms. The molecule has 0 radical (unpaired) electrons. The highest BCUT2D eigenvalue weighted by atomic mass is 16.4. The number of phenols is 1. The molecule has 0 unspecified atom stereocenters. The smallest absolute Gasteiger partial charge is 0.414 e. The minimum absolute atomic E-state index is 0.0608. The molecule has 148 valence electrons. The highest BCUT2D eigenvalue weighted by Crippen LogP contribution is 2.09. The average molecular weight is 388 g/mol. The van der Waals surface area contributed by atoms with Gasteiger partial charge in [0.05, 0.1) is 6.54 Å². The summed E-state index contributed by atoms with van der Waals surface area (Å²) in [5.41, 5.74) is 1.15. The topological polar surface area (TPSA) is 153 Å². The molecule has 2 aromatic rings. The van der Waals surface area contributed by atoms with Gasteiger partial charge in [-0.15, -0.1) is 0 Å². The monoisotopic (exact) mass is 388 g/mol. The van der Waals surface area contributed by atoms with E-state index in [9.17, 15) is 9.59 Å². The fraction of sp³-hybridized carbons (Fsp3) is 0.158. The van der Waals surface area contributed by atoms with Gasteiger partial charge in [-0.1, -0.05) is 18.2 Å². The molecule has 9 heteroatoms. The van der Waals surface area contributed by atoms with Crippen LogP contribution in [0.5, 0.6) is 5.75 Å². The van der Waals surface area contributed by atoms with E-state index in [0.29, 0.717) is 24.2 Å². The van der Waals surface area contributed by atoms with E-state index in [1.54, 1.807) is 24.3 Å². The normalized spacial score (nSPS) is 9.57. The summed E-state index contributed by atoms with van der Waals surface area (Å²) in [5.74, 6) is -3.71. The van der Waals surface area contributed by atoms with Gasteiger partial charge in [0.15, 0.2) is 5.78 Å². The molecule has 2 aromatic carbocycles. The second kappa shape index (κ2) is 11.8. The van der Waals surface area contributed by atoms with Crippen LogP contribution >= 0.6 is 0 Å². The molecule has 2 rings (SSSR count). The number of ketones is 1. The van der Waals surface area contributed by atoms with Gasteiger partial charge in [0.1, 0.15) is 5.75 Å². The average Bonchev–Trinajstić information content (AvgIpc) is 2.69. The maximum Gasteiger partial charge on any atom is 0.414 e. The Morgan fingerprint density at radius 2 is 1.32 bits per heavy atom. The third kappa shape index (κ3) is 8.59. The lowest BCUT2D eigenvalue weighted by Crippen LogP contribution is -2.34. The molecule has 0 atom stereocenters. The van der Waals surface area contributed by atoms with E-state index in [1.807, 2.05) is 18.2 Å². The van der Waals surface area contributed by atoms with Crippen molar-refractivity contribution >= 4 is 23.6 Å². The highest BCUT2D eigenvalue weighted by Gasteiger charge is 2.06. The van der Waals surface area contributed by atoms with Crippen molar-refractivity contribution < 1.29 is 34.5 Å². The van der Waals surface area contributed by atoms with Gasteiger partial charge in [0, 0.05) is 24.2 Å². The second-order valence-electron chi connectivity index (χ2n) is 5.38. The summed E-state index contributed by atoms with van der Waals surface area (Å²) in [6, 6.07) is 15.1. The van der Waals surface area contributed by atoms with Crippen LogP contribution in [-0.2, 0) is 9.59 Å². The Labute approximate surface area is 160 Å². The van der Waals surface area contributed by atoms with E-state index < -0.39 is 11.9 Å². The molecule has 0 aliphatic heterocycles. The molecule has 0 aliphatic carbocycles. The number of carboxylic acid groups (broad SMARTS) is 2. The molecule has 9 nitrogen and oxygen atoms in total. The molecule has 0 heterocycles. The van der Waals surface area contributed by atoms with E-state index in [1.165, 1.54) is 12.1 Å². The Kier molecular flexibility index (Phi) is 9.42. The van der Waals surface area contributed by atoms with Crippen molar-refractivity contribution in [3.63, 3.8) is 0 Å². The molecule has 0 aliphatic rings. The third-order valence-electron chi connectivity index (χ3n) is 3.28. The number of phenolic OH excluding ortho intramolecular Hbond substituents is 1. The number of nitrogens with one attached hydrogen (secondary N) is 2. The van der Waals surface area contributed by atoms with Crippen LogP contribution in [0.4, 0.5) is 0 Å². The van der Waals surface area contributed by atoms with Crippen molar-refractivity contribution in [3.8, 4) is 5.75 Å². The maximum atomic E-state index is 11.8. The van der Waals surface area contributed by atoms with Crippen LogP contribution in [0.15, 0.2) is 54.6 Å². The largest absolute Gasteiger partial charge is 0.508 e. The first-order valence-electron chi connectivity index (χ1n) is 8.13. The third-order valence-corrected chi connectivity index (χ3v) is 3.28. The predicted molar refractivity (Wildman–Crippen MR) is 99.4 cm³/mol. The summed E-state index contributed by atoms with van der Waals surface area (Å²) in [6.45, 7) is 1.13. The zero-order valence-electron chi connectivity index (χ0n) is 14.8. The number of hydrogen-bond donors (Lipinski definition) is 5. The Balaban J connectivity index is 0.000000568. The van der Waals surface area contributed by atoms with Crippen LogP contribution in [0.25, 0.3) is 0 Å². The Morgan fingerprint density at radius 1 is 0.750 bits per heavy atom. The zero-order valence-corrected chi connectivity index (χ0v) is 14.8. The Bertz CT molecular complexity index is 793. The summed E-state index contributed by atoms with van der Waals surface area (Å²) in [6.07, 6.45) is 0. The number of hydrogen-bond acceptors (Lipinski definition) is 6. The van der Waals surface area contributed by atoms with Crippen LogP contribution in [0.1, 0.15) is 20.7 Å². The van der Waals surface area contributed by atoms with Crippen molar-refractivity contribution in [2.45, 2.75) is 0 Å². The van der Waals surface area contributed by atoms with Gasteiger partial charge in [-0.25, -0.2) is 9.59 Å². The summed E-state index contributed by atoms with van der Waals surface area (Å²) < 4.78 is 0. The van der Waals surface area contributed by atoms with Gasteiger partial charge in [-0.2, -0.15) is 0 Å². The highest BCUT2D eigenvalue weighted by molar-refractivity contribution is 6.27. The van der Waals surface area contributed by atoms with Gasteiger partial charge in [0.2, 0.25) is 0 Å². The van der Waals surface area contributed by atoms with Crippen LogP contribution in [0.2, 0.25) is 0 Å². The number of rotatable bonds is 7. The van der Waals surface area contributed by atoms with Gasteiger partial charge in [-0.3, -0.25) is 9.59 Å². The number of benzene rings is 2. The van der Waals surface area contributed by atoms with Gasteiger partial charge >= 0.3 is 11.9 Å². The van der Waals surface area contributed by atoms with Crippen molar-refractivity contribution in [2.24, 2.45) is 0 Å². The number of Topliss-reactive ketones (excluding diaryl/α,β-unsaturated/α-hetero) is 1. The first kappa shape index (κ1) is 22.3. The molecule has 1 amide bonds. The molecule has 0 bridgehead atoms. The standard InChI is InChI=1S/C17H18N2O3.C2H2O4/c20-15-8-6-13(7-9-15)16(21)12-18-10-11-19-17(22)14-4-2-1-3-5-14;3-1(4)2(5)6/h1-9,18,20H,10-12H2,(H,19,22);(H,3,4)(H,5,6). The number of aliphatic carboxylic acids is 2. The summed E-state index contributed by atoms with van der Waals surface area (Å²) in [5, 5.41) is 29.7. The lowest BCUT2D eigenvalue weighted by molar-refractivity contribution is -0.159. The number of carbonyl (C=O) groups is 4. The molecule has 0 saturated carbocycles. The minimum atomic E-state index is -1.82. The fourth-order valence-corrected chi connectivity index (χ4v) is 1.91. The van der Waals surface area contributed by atoms with Crippen LogP contribution in [-0.4, -0.2) is 58.6 Å². The SMILES string of the molecule is O=C(CNCCNC(=O)c1ccccc1)c1ccc(O)cc1.O=C(O)C(=O)O. The zero-order chi connectivity index (χ0) is 20.9. The molecule has 0 saturated heterocycles. The molecular weight excluding hydrogens is 368 g/mol. The van der Waals surface area contributed by atoms with E-state index >= 15 is 0 Å². The molecule has 0 aromatic heterocycles. The number of amides is 1. The summed E-state index contributed by atoms with van der Waals surface area (Å²) in [4.78, 5) is 41.8. The van der Waals surface area contributed by atoms with E-state index in [0.717, 1.165) is 0 Å². The first-order chi connectivity index (χ1) is 13.3. The van der Waals surface area contributed by atoms with E-state index in [-0.39, 0.29) is 24.0 Å². The first-order valence-corrected chi connectivity index (χ1v) is 8.13. The summed E-state index contributed by atoms with van der Waals surface area (Å²) >= 11 is 0. The lowest BCUT2D eigenvalue weighted by atomic mass is 10.1. The predicted octanol–water partition coefficient (Wildman–Crippen LogP) is 0.750. The number of carboxylic acids is 2. The van der Waals surface area contributed by atoms with Crippen LogP contribution < -0.4 is 10.6 Å². The van der Waals surface area contributed by atoms with Gasteiger partial charge < -0.3 is 26.0 Å². The molecular formula is C19H20N2O7.